The molecule has 3 N–H and O–H groups in total. The van der Waals surface area contributed by atoms with E-state index in [0.29, 0.717) is 13.0 Å². The van der Waals surface area contributed by atoms with E-state index in [1.54, 1.807) is 11.0 Å². The van der Waals surface area contributed by atoms with Crippen LogP contribution in [-0.4, -0.2) is 27.2 Å². The number of unbranched alkanes of at least 4 members (excludes halogenated alkanes) is 3. The summed E-state index contributed by atoms with van der Waals surface area (Å²) >= 11 is 0. The van der Waals surface area contributed by atoms with E-state index in [1.165, 1.54) is 6.33 Å². The number of hydrogen-bond donors (Lipinski definition) is 2. The van der Waals surface area contributed by atoms with Crippen LogP contribution >= 0.6 is 0 Å². The van der Waals surface area contributed by atoms with Crippen LogP contribution in [0.5, 0.6) is 0 Å². The Morgan fingerprint density at radius 3 is 2.86 bits per heavy atom. The largest absolute Gasteiger partial charge is 0.352 e. The first-order chi connectivity index (χ1) is 10.8. The zero-order valence-electron chi connectivity index (χ0n) is 12.7. The summed E-state index contributed by atoms with van der Waals surface area (Å²) in [5, 5.41) is 7.05. The van der Waals surface area contributed by atoms with Crippen LogP contribution in [0.15, 0.2) is 36.9 Å². The highest BCUT2D eigenvalue weighted by Gasteiger charge is 2.03. The topological polar surface area (TPSA) is 85.8 Å². The molecule has 1 aromatic carbocycles. The van der Waals surface area contributed by atoms with Crippen LogP contribution in [0.3, 0.4) is 0 Å². The maximum atomic E-state index is 11.8. The second-order valence-corrected chi connectivity index (χ2v) is 5.24. The van der Waals surface area contributed by atoms with Gasteiger partial charge in [0.05, 0.1) is 5.69 Å². The summed E-state index contributed by atoms with van der Waals surface area (Å²) in [4.78, 5) is 15.7. The van der Waals surface area contributed by atoms with Crippen LogP contribution in [0, 0.1) is 0 Å². The molecule has 6 heteroatoms. The number of rotatable bonds is 9. The molecule has 0 spiro atoms. The highest BCUT2D eigenvalue weighted by atomic mass is 16.1. The molecule has 1 amide bonds. The van der Waals surface area contributed by atoms with Crippen molar-refractivity contribution in [1.82, 2.24) is 20.1 Å². The van der Waals surface area contributed by atoms with E-state index in [2.05, 4.69) is 15.4 Å². The van der Waals surface area contributed by atoms with Gasteiger partial charge in [-0.2, -0.15) is 5.10 Å². The fraction of sp³-hybridized carbons (Fsp3) is 0.438. The van der Waals surface area contributed by atoms with Gasteiger partial charge in [0.15, 0.2) is 0 Å². The third kappa shape index (κ3) is 5.29. The molecular formula is C16H23N5O. The van der Waals surface area contributed by atoms with Crippen LogP contribution in [0.2, 0.25) is 0 Å². The molecule has 2 aromatic rings. The molecule has 6 nitrogen and oxygen atoms in total. The van der Waals surface area contributed by atoms with Gasteiger partial charge in [-0.1, -0.05) is 25.0 Å². The van der Waals surface area contributed by atoms with E-state index in [1.807, 2.05) is 24.3 Å². The molecule has 0 atom stereocenters. The van der Waals surface area contributed by atoms with Gasteiger partial charge in [0.25, 0.3) is 0 Å². The van der Waals surface area contributed by atoms with Crippen LogP contribution < -0.4 is 11.1 Å². The Bertz CT molecular complexity index is 568. The first-order valence-electron chi connectivity index (χ1n) is 7.70. The van der Waals surface area contributed by atoms with E-state index in [-0.39, 0.29) is 5.91 Å². The molecule has 0 aliphatic heterocycles. The quantitative estimate of drug-likeness (QED) is 0.691. The second-order valence-electron chi connectivity index (χ2n) is 5.24. The zero-order chi connectivity index (χ0) is 15.6. The summed E-state index contributed by atoms with van der Waals surface area (Å²) < 4.78 is 1.70. The van der Waals surface area contributed by atoms with Gasteiger partial charge < -0.3 is 11.1 Å². The van der Waals surface area contributed by atoms with Crippen molar-refractivity contribution in [2.75, 3.05) is 6.54 Å². The lowest BCUT2D eigenvalue weighted by molar-refractivity contribution is -0.121. The second kappa shape index (κ2) is 8.94. The molecule has 2 rings (SSSR count). The minimum absolute atomic E-state index is 0.0962. The van der Waals surface area contributed by atoms with Crippen LogP contribution in [0.25, 0.3) is 5.69 Å². The number of nitrogens with zero attached hydrogens (tertiary/aromatic N) is 3. The van der Waals surface area contributed by atoms with Gasteiger partial charge in [-0.3, -0.25) is 4.79 Å². The highest BCUT2D eigenvalue weighted by molar-refractivity contribution is 5.75. The molecule has 22 heavy (non-hydrogen) atoms. The van der Waals surface area contributed by atoms with Crippen molar-refractivity contribution in [3.63, 3.8) is 0 Å². The number of nitrogens with two attached hydrogens (primary N) is 1. The summed E-state index contributed by atoms with van der Waals surface area (Å²) in [6.07, 6.45) is 7.85. The van der Waals surface area contributed by atoms with Crippen molar-refractivity contribution < 1.29 is 4.79 Å². The molecule has 0 bridgehead atoms. The monoisotopic (exact) mass is 301 g/mol. The van der Waals surface area contributed by atoms with Gasteiger partial charge in [0.1, 0.15) is 12.7 Å². The van der Waals surface area contributed by atoms with E-state index in [0.717, 1.165) is 43.5 Å². The predicted molar refractivity (Wildman–Crippen MR) is 85.3 cm³/mol. The van der Waals surface area contributed by atoms with Gasteiger partial charge in [0, 0.05) is 13.0 Å². The van der Waals surface area contributed by atoms with Gasteiger partial charge in [-0.25, -0.2) is 9.67 Å². The molecule has 1 aromatic heterocycles. The molecular weight excluding hydrogens is 278 g/mol. The Morgan fingerprint density at radius 2 is 2.09 bits per heavy atom. The molecule has 1 heterocycles. The minimum Gasteiger partial charge on any atom is -0.352 e. The normalized spacial score (nSPS) is 10.6. The number of benzene rings is 1. The van der Waals surface area contributed by atoms with Crippen molar-refractivity contribution in [2.24, 2.45) is 5.73 Å². The lowest BCUT2D eigenvalue weighted by Crippen LogP contribution is -2.22. The molecule has 0 saturated carbocycles. The van der Waals surface area contributed by atoms with E-state index in [9.17, 15) is 4.79 Å². The maximum Gasteiger partial charge on any atom is 0.220 e. The van der Waals surface area contributed by atoms with E-state index >= 15 is 0 Å². The smallest absolute Gasteiger partial charge is 0.220 e. The molecule has 0 radical (unpaired) electrons. The Morgan fingerprint density at radius 1 is 1.23 bits per heavy atom. The van der Waals surface area contributed by atoms with Gasteiger partial charge in [0.2, 0.25) is 5.91 Å². The summed E-state index contributed by atoms with van der Waals surface area (Å²) in [5.74, 6) is 0.0962. The van der Waals surface area contributed by atoms with Gasteiger partial charge in [-0.15, -0.1) is 0 Å². The SMILES string of the molecule is NCCCCCCC(=O)NCc1cccc(-n2cncn2)c1. The van der Waals surface area contributed by atoms with Gasteiger partial charge >= 0.3 is 0 Å². The number of hydrogen-bond acceptors (Lipinski definition) is 4. The zero-order valence-corrected chi connectivity index (χ0v) is 12.7. The lowest BCUT2D eigenvalue weighted by Gasteiger charge is -2.07. The summed E-state index contributed by atoms with van der Waals surface area (Å²) in [6, 6.07) is 7.89. The van der Waals surface area contributed by atoms with Gasteiger partial charge in [-0.05, 0) is 37.1 Å². The fourth-order valence-electron chi connectivity index (χ4n) is 2.22. The first-order valence-corrected chi connectivity index (χ1v) is 7.70. The van der Waals surface area contributed by atoms with Crippen molar-refractivity contribution in [3.8, 4) is 5.69 Å². The number of carbonyl (C=O) groups is 1. The van der Waals surface area contributed by atoms with Crippen LogP contribution in [-0.2, 0) is 11.3 Å². The van der Waals surface area contributed by atoms with Crippen molar-refractivity contribution in [3.05, 3.63) is 42.5 Å². The number of carbonyl (C=O) groups excluding carboxylic acids is 1. The molecule has 118 valence electrons. The Balaban J connectivity index is 1.75. The molecule has 0 saturated heterocycles. The summed E-state index contributed by atoms with van der Waals surface area (Å²) in [6.45, 7) is 1.26. The molecule has 0 aliphatic carbocycles. The van der Waals surface area contributed by atoms with Crippen molar-refractivity contribution >= 4 is 5.91 Å². The number of nitrogens with one attached hydrogen (secondary N) is 1. The molecule has 0 aliphatic rings. The van der Waals surface area contributed by atoms with Crippen LogP contribution in [0.4, 0.5) is 0 Å². The van der Waals surface area contributed by atoms with Crippen molar-refractivity contribution in [2.45, 2.75) is 38.6 Å². The Kier molecular flexibility index (Phi) is 6.57. The number of amides is 1. The third-order valence-corrected chi connectivity index (χ3v) is 3.44. The Labute approximate surface area is 130 Å². The molecule has 0 unspecified atom stereocenters. The molecule has 0 fully saturated rings. The summed E-state index contributed by atoms with van der Waals surface area (Å²) in [5.41, 5.74) is 7.42. The summed E-state index contributed by atoms with van der Waals surface area (Å²) in [7, 11) is 0. The average molecular weight is 301 g/mol. The predicted octanol–water partition coefficient (Wildman–Crippen LogP) is 1.79. The maximum absolute atomic E-state index is 11.8. The third-order valence-electron chi connectivity index (χ3n) is 3.44. The standard InChI is InChI=1S/C16H23N5O/c17-9-4-2-1-3-8-16(22)19-11-14-6-5-7-15(10-14)21-13-18-12-20-21/h5-7,10,12-13H,1-4,8-9,11,17H2,(H,19,22). The minimum atomic E-state index is 0.0962. The van der Waals surface area contributed by atoms with E-state index in [4.69, 9.17) is 5.73 Å². The lowest BCUT2D eigenvalue weighted by atomic mass is 10.1. The fourth-order valence-corrected chi connectivity index (χ4v) is 2.22. The Hall–Kier alpha value is -2.21. The average Bonchev–Trinajstić information content (AvgIpc) is 3.07. The highest BCUT2D eigenvalue weighted by Crippen LogP contribution is 2.09. The van der Waals surface area contributed by atoms with Crippen molar-refractivity contribution in [1.29, 1.82) is 0 Å². The van der Waals surface area contributed by atoms with Crippen LogP contribution in [0.1, 0.15) is 37.7 Å². The first kappa shape index (κ1) is 16.2. The number of aromatic nitrogens is 3. The van der Waals surface area contributed by atoms with E-state index < -0.39 is 0 Å².